The molecule has 0 radical (unpaired) electrons. The van der Waals surface area contributed by atoms with Crippen LogP contribution in [-0.2, 0) is 4.79 Å². The molecule has 0 saturated carbocycles. The van der Waals surface area contributed by atoms with Crippen molar-refractivity contribution in [3.05, 3.63) is 70.8 Å². The normalized spacial score (nSPS) is 15.4. The van der Waals surface area contributed by atoms with Gasteiger partial charge in [-0.15, -0.1) is 0 Å². The fourth-order valence-electron chi connectivity index (χ4n) is 2.26. The SMILES string of the molecule is O=C1Nc2ccc(C(=O)O)cc2C(=O)C1=Cc1ccccc1. The fraction of sp³-hybridized carbons (Fsp3) is 0. The molecule has 0 aliphatic carbocycles. The highest BCUT2D eigenvalue weighted by Gasteiger charge is 2.29. The maximum atomic E-state index is 12.5. The van der Waals surface area contributed by atoms with Gasteiger partial charge in [-0.3, -0.25) is 9.59 Å². The van der Waals surface area contributed by atoms with Gasteiger partial charge in [0.25, 0.3) is 5.91 Å². The molecular weight excluding hydrogens is 282 g/mol. The number of benzene rings is 2. The molecule has 108 valence electrons. The summed E-state index contributed by atoms with van der Waals surface area (Å²) in [6, 6.07) is 13.0. The minimum atomic E-state index is -1.12. The van der Waals surface area contributed by atoms with Crippen molar-refractivity contribution in [1.82, 2.24) is 0 Å². The molecule has 3 rings (SSSR count). The van der Waals surface area contributed by atoms with Crippen molar-refractivity contribution in [3.63, 3.8) is 0 Å². The van der Waals surface area contributed by atoms with Crippen molar-refractivity contribution in [3.8, 4) is 0 Å². The van der Waals surface area contributed by atoms with Gasteiger partial charge in [0.15, 0.2) is 0 Å². The third kappa shape index (κ3) is 2.40. The lowest BCUT2D eigenvalue weighted by atomic mass is 9.94. The van der Waals surface area contributed by atoms with Gasteiger partial charge in [0, 0.05) is 5.56 Å². The first-order chi connectivity index (χ1) is 10.6. The number of rotatable bonds is 2. The number of hydrogen-bond donors (Lipinski definition) is 2. The van der Waals surface area contributed by atoms with Crippen LogP contribution < -0.4 is 5.32 Å². The molecule has 22 heavy (non-hydrogen) atoms. The lowest BCUT2D eigenvalue weighted by Gasteiger charge is -2.18. The number of carboxylic acids is 1. The zero-order chi connectivity index (χ0) is 15.7. The van der Waals surface area contributed by atoms with Gasteiger partial charge in [-0.25, -0.2) is 4.79 Å². The number of carboxylic acid groups (broad SMARTS) is 1. The molecular formula is C17H11NO4. The van der Waals surface area contributed by atoms with E-state index >= 15 is 0 Å². The molecule has 1 amide bonds. The van der Waals surface area contributed by atoms with Crippen molar-refractivity contribution >= 4 is 29.4 Å². The highest BCUT2D eigenvalue weighted by atomic mass is 16.4. The molecule has 0 spiro atoms. The first-order valence-corrected chi connectivity index (χ1v) is 6.56. The number of nitrogens with one attached hydrogen (secondary N) is 1. The maximum absolute atomic E-state index is 12.5. The van der Waals surface area contributed by atoms with E-state index < -0.39 is 17.7 Å². The van der Waals surface area contributed by atoms with Gasteiger partial charge in [-0.05, 0) is 29.8 Å². The maximum Gasteiger partial charge on any atom is 0.335 e. The quantitative estimate of drug-likeness (QED) is 0.658. The molecule has 2 aromatic rings. The van der Waals surface area contributed by atoms with Gasteiger partial charge in [-0.1, -0.05) is 30.3 Å². The highest BCUT2D eigenvalue weighted by molar-refractivity contribution is 6.36. The molecule has 0 aromatic heterocycles. The summed E-state index contributed by atoms with van der Waals surface area (Å²) in [7, 11) is 0. The average molecular weight is 293 g/mol. The molecule has 2 aromatic carbocycles. The van der Waals surface area contributed by atoms with Crippen LogP contribution in [0.4, 0.5) is 5.69 Å². The van der Waals surface area contributed by atoms with Crippen LogP contribution in [0.3, 0.4) is 0 Å². The number of ketones is 1. The lowest BCUT2D eigenvalue weighted by molar-refractivity contribution is -0.112. The first kappa shape index (κ1) is 13.8. The van der Waals surface area contributed by atoms with Gasteiger partial charge in [0.2, 0.25) is 5.78 Å². The smallest absolute Gasteiger partial charge is 0.335 e. The van der Waals surface area contributed by atoms with Crippen LogP contribution in [0.25, 0.3) is 6.08 Å². The van der Waals surface area contributed by atoms with E-state index in [0.29, 0.717) is 5.69 Å². The number of anilines is 1. The molecule has 2 N–H and O–H groups in total. The summed E-state index contributed by atoms with van der Waals surface area (Å²) in [5.41, 5.74) is 1.22. The monoisotopic (exact) mass is 293 g/mol. The van der Waals surface area contributed by atoms with Gasteiger partial charge < -0.3 is 10.4 Å². The standard InChI is InChI=1S/C17H11NO4/c19-15-12-9-11(17(21)22)6-7-14(12)18-16(20)13(15)8-10-4-2-1-3-5-10/h1-9H,(H,18,20)(H,21,22). The molecule has 0 bridgehead atoms. The Labute approximate surface area is 125 Å². The Balaban J connectivity index is 2.08. The number of carbonyl (C=O) groups is 3. The number of aromatic carboxylic acids is 1. The summed E-state index contributed by atoms with van der Waals surface area (Å²) in [6.45, 7) is 0. The molecule has 0 fully saturated rings. The zero-order valence-electron chi connectivity index (χ0n) is 11.4. The second-order valence-corrected chi connectivity index (χ2v) is 4.82. The fourth-order valence-corrected chi connectivity index (χ4v) is 2.26. The summed E-state index contributed by atoms with van der Waals surface area (Å²) >= 11 is 0. The Morgan fingerprint density at radius 3 is 2.45 bits per heavy atom. The molecule has 1 aliphatic rings. The van der Waals surface area contributed by atoms with Crippen molar-refractivity contribution < 1.29 is 19.5 Å². The van der Waals surface area contributed by atoms with Crippen molar-refractivity contribution in [2.24, 2.45) is 0 Å². The van der Waals surface area contributed by atoms with Crippen LogP contribution in [0.1, 0.15) is 26.3 Å². The molecule has 1 aliphatic heterocycles. The summed E-state index contributed by atoms with van der Waals surface area (Å²) in [5.74, 6) is -2.10. The highest BCUT2D eigenvalue weighted by Crippen LogP contribution is 2.27. The molecule has 5 heteroatoms. The van der Waals surface area contributed by atoms with E-state index in [4.69, 9.17) is 5.11 Å². The molecule has 0 saturated heterocycles. The Morgan fingerprint density at radius 1 is 1.05 bits per heavy atom. The number of amides is 1. The van der Waals surface area contributed by atoms with Crippen LogP contribution in [-0.4, -0.2) is 22.8 Å². The lowest BCUT2D eigenvalue weighted by Crippen LogP contribution is -2.27. The summed E-state index contributed by atoms with van der Waals surface area (Å²) in [6.07, 6.45) is 1.49. The molecule has 5 nitrogen and oxygen atoms in total. The van der Waals surface area contributed by atoms with Gasteiger partial charge in [-0.2, -0.15) is 0 Å². The predicted molar refractivity (Wildman–Crippen MR) is 80.8 cm³/mol. The van der Waals surface area contributed by atoms with E-state index in [2.05, 4.69) is 5.32 Å². The predicted octanol–water partition coefficient (Wildman–Crippen LogP) is 2.60. The Hall–Kier alpha value is -3.21. The summed E-state index contributed by atoms with van der Waals surface area (Å²) in [5, 5.41) is 11.6. The molecule has 1 heterocycles. The number of carbonyl (C=O) groups excluding carboxylic acids is 2. The van der Waals surface area contributed by atoms with Crippen molar-refractivity contribution in [2.45, 2.75) is 0 Å². The summed E-state index contributed by atoms with van der Waals surface area (Å²) in [4.78, 5) is 35.6. The van der Waals surface area contributed by atoms with Crippen molar-refractivity contribution in [1.29, 1.82) is 0 Å². The Bertz CT molecular complexity index is 822. The van der Waals surface area contributed by atoms with Crippen LogP contribution in [0, 0.1) is 0 Å². The van der Waals surface area contributed by atoms with E-state index in [1.165, 1.54) is 24.3 Å². The van der Waals surface area contributed by atoms with E-state index in [-0.39, 0.29) is 16.7 Å². The molecule has 0 unspecified atom stereocenters. The number of hydrogen-bond acceptors (Lipinski definition) is 3. The topological polar surface area (TPSA) is 83.5 Å². The van der Waals surface area contributed by atoms with Crippen molar-refractivity contribution in [2.75, 3.05) is 5.32 Å². The van der Waals surface area contributed by atoms with Gasteiger partial charge in [0.1, 0.15) is 0 Å². The zero-order valence-corrected chi connectivity index (χ0v) is 11.4. The minimum absolute atomic E-state index is 0.00214. The van der Waals surface area contributed by atoms with Crippen LogP contribution in [0.2, 0.25) is 0 Å². The largest absolute Gasteiger partial charge is 0.478 e. The first-order valence-electron chi connectivity index (χ1n) is 6.56. The average Bonchev–Trinajstić information content (AvgIpc) is 2.52. The molecule has 0 atom stereocenters. The van der Waals surface area contributed by atoms with Crippen LogP contribution >= 0.6 is 0 Å². The number of fused-ring (bicyclic) bond motifs is 1. The van der Waals surface area contributed by atoms with Crippen LogP contribution in [0.15, 0.2) is 54.1 Å². The van der Waals surface area contributed by atoms with E-state index in [0.717, 1.165) is 5.56 Å². The Morgan fingerprint density at radius 2 is 1.77 bits per heavy atom. The number of Topliss-reactive ketones (excluding diaryl/α,β-unsaturated/α-hetero) is 1. The van der Waals surface area contributed by atoms with Gasteiger partial charge >= 0.3 is 5.97 Å². The van der Waals surface area contributed by atoms with E-state index in [1.807, 2.05) is 6.07 Å². The van der Waals surface area contributed by atoms with E-state index in [1.54, 1.807) is 24.3 Å². The van der Waals surface area contributed by atoms with E-state index in [9.17, 15) is 14.4 Å². The van der Waals surface area contributed by atoms with Gasteiger partial charge in [0.05, 0.1) is 16.8 Å². The Kier molecular flexibility index (Phi) is 3.31. The third-order valence-corrected chi connectivity index (χ3v) is 3.36. The second-order valence-electron chi connectivity index (χ2n) is 4.82. The van der Waals surface area contributed by atoms with Crippen LogP contribution in [0.5, 0.6) is 0 Å². The minimum Gasteiger partial charge on any atom is -0.478 e. The second kappa shape index (κ2) is 5.29. The third-order valence-electron chi connectivity index (χ3n) is 3.36. The summed E-state index contributed by atoms with van der Waals surface area (Å²) < 4.78 is 0.